The molecule has 1 radical (unpaired) electrons. The van der Waals surface area contributed by atoms with Crippen LogP contribution in [0.4, 0.5) is 0 Å². The molecule has 0 aromatic heterocycles. The molecule has 0 spiro atoms. The molecule has 0 unspecified atom stereocenters. The summed E-state index contributed by atoms with van der Waals surface area (Å²) in [5.74, 6) is 0. The average Bonchev–Trinajstić information content (AvgIpc) is 2.17. The van der Waals surface area contributed by atoms with Crippen molar-refractivity contribution in [1.29, 1.82) is 0 Å². The first-order valence-corrected chi connectivity index (χ1v) is 3.96. The smallest absolute Gasteiger partial charge is 0.0238 e. The summed E-state index contributed by atoms with van der Waals surface area (Å²) in [6, 6.07) is 0. The van der Waals surface area contributed by atoms with Crippen LogP contribution < -0.4 is 0 Å². The van der Waals surface area contributed by atoms with E-state index >= 15 is 0 Å². The van der Waals surface area contributed by atoms with Crippen molar-refractivity contribution in [2.75, 3.05) is 19.6 Å². The Balaban J connectivity index is 2.29. The summed E-state index contributed by atoms with van der Waals surface area (Å²) in [6.07, 6.45) is 7.43. The molecule has 0 amide bonds. The molecular weight excluding hydrogens is 122 g/mol. The highest BCUT2D eigenvalue weighted by atomic mass is 15.1. The van der Waals surface area contributed by atoms with Crippen LogP contribution in [0.5, 0.6) is 0 Å². The van der Waals surface area contributed by atoms with Gasteiger partial charge >= 0.3 is 0 Å². The van der Waals surface area contributed by atoms with Gasteiger partial charge in [0.05, 0.1) is 0 Å². The molecule has 1 rings (SSSR count). The second kappa shape index (κ2) is 4.32. The molecule has 0 aromatic rings. The quantitative estimate of drug-likeness (QED) is 0.521. The van der Waals surface area contributed by atoms with Crippen molar-refractivity contribution in [2.24, 2.45) is 0 Å². The van der Waals surface area contributed by atoms with Gasteiger partial charge in [-0.2, -0.15) is 0 Å². The zero-order valence-corrected chi connectivity index (χ0v) is 6.56. The van der Waals surface area contributed by atoms with Crippen LogP contribution in [0.25, 0.3) is 0 Å². The fourth-order valence-corrected chi connectivity index (χ4v) is 1.14. The first kappa shape index (κ1) is 7.59. The summed E-state index contributed by atoms with van der Waals surface area (Å²) in [6.45, 7) is 5.63. The third-order valence-electron chi connectivity index (χ3n) is 1.65. The third-order valence-corrected chi connectivity index (χ3v) is 1.65. The molecular formula is C9H14N. The zero-order chi connectivity index (χ0) is 7.23. The van der Waals surface area contributed by atoms with Gasteiger partial charge in [0.2, 0.25) is 0 Å². The van der Waals surface area contributed by atoms with Crippen LogP contribution in [0.1, 0.15) is 19.8 Å². The Morgan fingerprint density at radius 2 is 2.50 bits per heavy atom. The fourth-order valence-electron chi connectivity index (χ4n) is 1.14. The normalized spacial score (nSPS) is 19.3. The fraction of sp³-hybridized carbons (Fsp3) is 0.667. The van der Waals surface area contributed by atoms with Crippen LogP contribution in [-0.4, -0.2) is 24.5 Å². The van der Waals surface area contributed by atoms with Crippen LogP contribution >= 0.6 is 0 Å². The van der Waals surface area contributed by atoms with Gasteiger partial charge in [0, 0.05) is 19.2 Å². The second-order valence-corrected chi connectivity index (χ2v) is 2.58. The van der Waals surface area contributed by atoms with E-state index in [9.17, 15) is 0 Å². The molecule has 1 aliphatic rings. The highest BCUT2D eigenvalue weighted by Crippen LogP contribution is 1.97. The molecule has 55 valence electrons. The van der Waals surface area contributed by atoms with Gasteiger partial charge in [0.1, 0.15) is 0 Å². The lowest BCUT2D eigenvalue weighted by atomic mass is 10.3. The van der Waals surface area contributed by atoms with E-state index in [-0.39, 0.29) is 0 Å². The predicted molar refractivity (Wildman–Crippen MR) is 42.7 cm³/mol. The lowest BCUT2D eigenvalue weighted by molar-refractivity contribution is 0.310. The summed E-state index contributed by atoms with van der Waals surface area (Å²) < 4.78 is 0. The van der Waals surface area contributed by atoms with E-state index in [1.54, 1.807) is 0 Å². The van der Waals surface area contributed by atoms with Crippen LogP contribution in [0, 0.1) is 6.08 Å². The molecule has 0 saturated heterocycles. The van der Waals surface area contributed by atoms with E-state index in [1.807, 2.05) is 0 Å². The highest BCUT2D eigenvalue weighted by Gasteiger charge is 2.00. The van der Waals surface area contributed by atoms with Gasteiger partial charge in [-0.25, -0.2) is 0 Å². The van der Waals surface area contributed by atoms with Gasteiger partial charge in [-0.15, -0.1) is 5.73 Å². The van der Waals surface area contributed by atoms with E-state index in [2.05, 4.69) is 29.7 Å². The summed E-state index contributed by atoms with van der Waals surface area (Å²) in [7, 11) is 0. The van der Waals surface area contributed by atoms with Crippen molar-refractivity contribution in [3.8, 4) is 0 Å². The molecule has 1 heteroatoms. The number of hydrogen-bond acceptors (Lipinski definition) is 1. The van der Waals surface area contributed by atoms with Crippen molar-refractivity contribution >= 4 is 0 Å². The standard InChI is InChI=1S/C9H14N/c1-2-7-10-8-5-3-4-6-9-10/h5H,2,6-9H2,1H3. The van der Waals surface area contributed by atoms with E-state index in [4.69, 9.17) is 0 Å². The van der Waals surface area contributed by atoms with Gasteiger partial charge in [-0.3, -0.25) is 4.90 Å². The van der Waals surface area contributed by atoms with Crippen molar-refractivity contribution in [3.63, 3.8) is 0 Å². The maximum atomic E-state index is 3.09. The monoisotopic (exact) mass is 136 g/mol. The minimum Gasteiger partial charge on any atom is -0.299 e. The second-order valence-electron chi connectivity index (χ2n) is 2.58. The van der Waals surface area contributed by atoms with E-state index in [1.165, 1.54) is 13.0 Å². The van der Waals surface area contributed by atoms with Crippen LogP contribution in [-0.2, 0) is 0 Å². The van der Waals surface area contributed by atoms with E-state index in [0.29, 0.717) is 0 Å². The summed E-state index contributed by atoms with van der Waals surface area (Å²) in [4.78, 5) is 2.42. The van der Waals surface area contributed by atoms with Gasteiger partial charge in [0.25, 0.3) is 0 Å². The van der Waals surface area contributed by atoms with E-state index in [0.717, 1.165) is 19.5 Å². The van der Waals surface area contributed by atoms with Gasteiger partial charge in [-0.05, 0) is 25.5 Å². The predicted octanol–water partition coefficient (Wildman–Crippen LogP) is 1.62. The first-order valence-electron chi connectivity index (χ1n) is 3.96. The lowest BCUT2D eigenvalue weighted by Gasteiger charge is -2.16. The maximum absolute atomic E-state index is 3.09. The number of nitrogens with zero attached hydrogens (tertiary/aromatic N) is 1. The SMILES string of the molecule is CCCN1CC=C=[C]CC1. The van der Waals surface area contributed by atoms with E-state index < -0.39 is 0 Å². The molecule has 0 bridgehead atoms. The van der Waals surface area contributed by atoms with Gasteiger partial charge in [0.15, 0.2) is 0 Å². The molecule has 0 aliphatic carbocycles. The first-order chi connectivity index (χ1) is 4.93. The molecule has 10 heavy (non-hydrogen) atoms. The molecule has 1 heterocycles. The Labute approximate surface area is 63.0 Å². The van der Waals surface area contributed by atoms with Crippen molar-refractivity contribution < 1.29 is 0 Å². The molecule has 1 aliphatic heterocycles. The molecule has 1 nitrogen and oxygen atoms in total. The summed E-state index contributed by atoms with van der Waals surface area (Å²) in [5, 5.41) is 0. The summed E-state index contributed by atoms with van der Waals surface area (Å²) >= 11 is 0. The molecule has 0 atom stereocenters. The molecule has 0 aromatic carbocycles. The minimum absolute atomic E-state index is 1.04. The van der Waals surface area contributed by atoms with Crippen molar-refractivity contribution in [1.82, 2.24) is 4.90 Å². The number of hydrogen-bond donors (Lipinski definition) is 0. The van der Waals surface area contributed by atoms with Gasteiger partial charge < -0.3 is 0 Å². The minimum atomic E-state index is 1.04. The highest BCUT2D eigenvalue weighted by molar-refractivity contribution is 4.86. The Morgan fingerprint density at radius 3 is 3.30 bits per heavy atom. The number of rotatable bonds is 2. The van der Waals surface area contributed by atoms with Crippen molar-refractivity contribution in [3.05, 3.63) is 17.9 Å². The average molecular weight is 136 g/mol. The molecule has 0 N–H and O–H groups in total. The largest absolute Gasteiger partial charge is 0.299 e. The Hall–Kier alpha value is -0.520. The zero-order valence-electron chi connectivity index (χ0n) is 6.56. The maximum Gasteiger partial charge on any atom is 0.0238 e. The molecule has 0 saturated carbocycles. The Morgan fingerprint density at radius 1 is 1.60 bits per heavy atom. The van der Waals surface area contributed by atoms with Crippen LogP contribution in [0.15, 0.2) is 11.8 Å². The van der Waals surface area contributed by atoms with Crippen molar-refractivity contribution in [2.45, 2.75) is 19.8 Å². The Kier molecular flexibility index (Phi) is 3.28. The summed E-state index contributed by atoms with van der Waals surface area (Å²) in [5.41, 5.74) is 3.02. The third kappa shape index (κ3) is 2.38. The Bertz CT molecular complexity index is 143. The van der Waals surface area contributed by atoms with Crippen LogP contribution in [0.2, 0.25) is 0 Å². The topological polar surface area (TPSA) is 3.24 Å². The molecule has 0 fully saturated rings. The lowest BCUT2D eigenvalue weighted by Crippen LogP contribution is -2.24. The van der Waals surface area contributed by atoms with Crippen LogP contribution in [0.3, 0.4) is 0 Å². The van der Waals surface area contributed by atoms with Gasteiger partial charge in [-0.1, -0.05) is 6.92 Å².